The van der Waals surface area contributed by atoms with Gasteiger partial charge in [0, 0.05) is 41.3 Å². The van der Waals surface area contributed by atoms with Gasteiger partial charge in [-0.3, -0.25) is 4.79 Å². The molecule has 0 aromatic carbocycles. The van der Waals surface area contributed by atoms with Gasteiger partial charge in [-0.05, 0) is 6.42 Å². The van der Waals surface area contributed by atoms with Crippen LogP contribution in [0.4, 0.5) is 0 Å². The zero-order valence-corrected chi connectivity index (χ0v) is 12.9. The molecular weight excluding hydrogens is 244 g/mol. The van der Waals surface area contributed by atoms with Gasteiger partial charge in [0.15, 0.2) is 5.96 Å². The summed E-state index contributed by atoms with van der Waals surface area (Å²) >= 11 is 0. The normalized spacial score (nSPS) is 11.3. The van der Waals surface area contributed by atoms with Gasteiger partial charge in [0.2, 0.25) is 5.91 Å². The predicted octanol–water partition coefficient (Wildman–Crippen LogP) is 0.399. The van der Waals surface area contributed by atoms with Crippen molar-refractivity contribution in [1.82, 2.24) is 15.1 Å². The molecule has 0 aromatic rings. The average Bonchev–Trinajstić information content (AvgIpc) is 2.39. The molecule has 0 atom stereocenters. The lowest BCUT2D eigenvalue weighted by atomic mass is 10.3. The van der Waals surface area contributed by atoms with Gasteiger partial charge in [-0.25, -0.2) is 4.99 Å². The minimum absolute atomic E-state index is 0.00469. The maximum Gasteiger partial charge on any atom is 0.243 e. The third-order valence-corrected chi connectivity index (χ3v) is 2.66. The Hall–Kier alpha value is -1.30. The molecule has 0 fully saturated rings. The second-order valence-electron chi connectivity index (χ2n) is 4.62. The van der Waals surface area contributed by atoms with Crippen LogP contribution in [0.3, 0.4) is 0 Å². The van der Waals surface area contributed by atoms with Gasteiger partial charge in [-0.15, -0.1) is 0 Å². The molecule has 6 nitrogen and oxygen atoms in total. The standard InChI is InChI=1S/C13H28N4O2/c1-6-7-9-17(4)13(14-8-10-19-5)15-11-12(18)16(2)3/h6-11H2,1-5H3,(H,14,15). The zero-order valence-electron chi connectivity index (χ0n) is 12.9. The first-order chi connectivity index (χ1) is 9.02. The minimum atomic E-state index is -0.00469. The molecule has 0 aliphatic carbocycles. The van der Waals surface area contributed by atoms with Crippen molar-refractivity contribution in [3.8, 4) is 0 Å². The van der Waals surface area contributed by atoms with Crippen LogP contribution in [0.1, 0.15) is 19.8 Å². The number of unbranched alkanes of at least 4 members (excludes halogenated alkanes) is 1. The van der Waals surface area contributed by atoms with E-state index in [2.05, 4.69) is 17.2 Å². The van der Waals surface area contributed by atoms with E-state index in [4.69, 9.17) is 4.74 Å². The minimum Gasteiger partial charge on any atom is -0.383 e. The number of hydrogen-bond acceptors (Lipinski definition) is 3. The molecule has 0 saturated carbocycles. The molecule has 112 valence electrons. The molecule has 0 rings (SSSR count). The van der Waals surface area contributed by atoms with Crippen molar-refractivity contribution >= 4 is 11.9 Å². The number of amides is 1. The Bertz CT molecular complexity index is 280. The predicted molar refractivity (Wildman–Crippen MR) is 78.4 cm³/mol. The van der Waals surface area contributed by atoms with E-state index >= 15 is 0 Å². The summed E-state index contributed by atoms with van der Waals surface area (Å²) < 4.78 is 5.01. The molecule has 19 heavy (non-hydrogen) atoms. The van der Waals surface area contributed by atoms with Crippen molar-refractivity contribution < 1.29 is 9.53 Å². The van der Waals surface area contributed by atoms with Crippen LogP contribution in [-0.4, -0.2) is 76.2 Å². The third kappa shape index (κ3) is 8.42. The summed E-state index contributed by atoms with van der Waals surface area (Å²) in [6.07, 6.45) is 2.23. The molecule has 0 bridgehead atoms. The van der Waals surface area contributed by atoms with Crippen LogP contribution in [-0.2, 0) is 9.53 Å². The molecular formula is C13H28N4O2. The van der Waals surface area contributed by atoms with Crippen LogP contribution in [0.25, 0.3) is 0 Å². The Morgan fingerprint density at radius 1 is 1.32 bits per heavy atom. The van der Waals surface area contributed by atoms with E-state index in [0.29, 0.717) is 13.2 Å². The highest BCUT2D eigenvalue weighted by Gasteiger charge is 2.08. The summed E-state index contributed by atoms with van der Waals surface area (Å²) in [7, 11) is 7.11. The monoisotopic (exact) mass is 272 g/mol. The van der Waals surface area contributed by atoms with Gasteiger partial charge >= 0.3 is 0 Å². The van der Waals surface area contributed by atoms with Gasteiger partial charge in [-0.1, -0.05) is 13.3 Å². The number of aliphatic imine (C=N–C) groups is 1. The number of ether oxygens (including phenoxy) is 1. The summed E-state index contributed by atoms with van der Waals surface area (Å²) in [6.45, 7) is 4.53. The number of rotatable bonds is 8. The topological polar surface area (TPSA) is 57.2 Å². The summed E-state index contributed by atoms with van der Waals surface area (Å²) in [4.78, 5) is 19.5. The van der Waals surface area contributed by atoms with Crippen LogP contribution in [0.2, 0.25) is 0 Å². The molecule has 0 saturated heterocycles. The van der Waals surface area contributed by atoms with Gasteiger partial charge < -0.3 is 19.9 Å². The molecule has 0 heterocycles. The van der Waals surface area contributed by atoms with Crippen molar-refractivity contribution in [3.05, 3.63) is 0 Å². The van der Waals surface area contributed by atoms with Crippen molar-refractivity contribution in [2.24, 2.45) is 4.99 Å². The molecule has 1 N–H and O–H groups in total. The maximum atomic E-state index is 11.6. The first-order valence-electron chi connectivity index (χ1n) is 6.71. The lowest BCUT2D eigenvalue weighted by Crippen LogP contribution is -2.41. The molecule has 0 spiro atoms. The molecule has 0 unspecified atom stereocenters. The second-order valence-corrected chi connectivity index (χ2v) is 4.62. The van der Waals surface area contributed by atoms with Crippen molar-refractivity contribution in [2.75, 3.05) is 54.5 Å². The highest BCUT2D eigenvalue weighted by Crippen LogP contribution is 1.94. The average molecular weight is 272 g/mol. The summed E-state index contributed by atoms with van der Waals surface area (Å²) in [5.74, 6) is 0.746. The Morgan fingerprint density at radius 3 is 2.53 bits per heavy atom. The van der Waals surface area contributed by atoms with E-state index in [0.717, 1.165) is 25.3 Å². The summed E-state index contributed by atoms with van der Waals surface area (Å²) in [5.41, 5.74) is 0. The van der Waals surface area contributed by atoms with Crippen LogP contribution >= 0.6 is 0 Å². The number of hydrogen-bond donors (Lipinski definition) is 1. The van der Waals surface area contributed by atoms with E-state index in [-0.39, 0.29) is 12.5 Å². The molecule has 0 radical (unpaired) electrons. The van der Waals surface area contributed by atoms with Gasteiger partial charge in [0.1, 0.15) is 6.54 Å². The third-order valence-electron chi connectivity index (χ3n) is 2.66. The maximum absolute atomic E-state index is 11.6. The van der Waals surface area contributed by atoms with Crippen molar-refractivity contribution in [2.45, 2.75) is 19.8 Å². The van der Waals surface area contributed by atoms with E-state index in [1.165, 1.54) is 0 Å². The number of carbonyl (C=O) groups excluding carboxylic acids is 1. The first kappa shape index (κ1) is 17.7. The van der Waals surface area contributed by atoms with Gasteiger partial charge in [0.25, 0.3) is 0 Å². The second kappa shape index (κ2) is 10.6. The molecule has 0 aliphatic heterocycles. The van der Waals surface area contributed by atoms with Gasteiger partial charge in [0.05, 0.1) is 6.61 Å². The SMILES string of the molecule is CCCCN(C)C(=NCC(=O)N(C)C)NCCOC. The summed E-state index contributed by atoms with van der Waals surface area (Å²) in [5, 5.41) is 3.20. The largest absolute Gasteiger partial charge is 0.383 e. The van der Waals surface area contributed by atoms with Crippen molar-refractivity contribution in [1.29, 1.82) is 0 Å². The zero-order chi connectivity index (χ0) is 14.7. The number of nitrogens with one attached hydrogen (secondary N) is 1. The fourth-order valence-electron chi connectivity index (χ4n) is 1.36. The highest BCUT2D eigenvalue weighted by molar-refractivity contribution is 5.84. The summed E-state index contributed by atoms with van der Waals surface area (Å²) in [6, 6.07) is 0. The fourth-order valence-corrected chi connectivity index (χ4v) is 1.36. The van der Waals surface area contributed by atoms with E-state index in [9.17, 15) is 4.79 Å². The number of methoxy groups -OCH3 is 1. The van der Waals surface area contributed by atoms with Crippen LogP contribution in [0.5, 0.6) is 0 Å². The number of guanidine groups is 1. The fraction of sp³-hybridized carbons (Fsp3) is 0.846. The Kier molecular flexibility index (Phi) is 9.88. The lowest BCUT2D eigenvalue weighted by Gasteiger charge is -2.22. The van der Waals surface area contributed by atoms with E-state index in [1.54, 1.807) is 26.1 Å². The number of carbonyl (C=O) groups is 1. The number of likely N-dealkylation sites (N-methyl/N-ethyl adjacent to an activating group) is 1. The van der Waals surface area contributed by atoms with Crippen LogP contribution in [0, 0.1) is 0 Å². The molecule has 0 aliphatic rings. The van der Waals surface area contributed by atoms with E-state index < -0.39 is 0 Å². The van der Waals surface area contributed by atoms with Crippen molar-refractivity contribution in [3.63, 3.8) is 0 Å². The highest BCUT2D eigenvalue weighted by atomic mass is 16.5. The molecule has 6 heteroatoms. The van der Waals surface area contributed by atoms with Gasteiger partial charge in [-0.2, -0.15) is 0 Å². The molecule has 1 amide bonds. The molecule has 0 aromatic heterocycles. The van der Waals surface area contributed by atoms with Crippen LogP contribution in [0.15, 0.2) is 4.99 Å². The number of nitrogens with zero attached hydrogens (tertiary/aromatic N) is 3. The van der Waals surface area contributed by atoms with E-state index in [1.807, 2.05) is 11.9 Å². The Balaban J connectivity index is 4.45. The van der Waals surface area contributed by atoms with Crippen LogP contribution < -0.4 is 5.32 Å². The lowest BCUT2D eigenvalue weighted by molar-refractivity contribution is -0.127. The smallest absolute Gasteiger partial charge is 0.243 e. The Labute approximate surface area is 116 Å². The Morgan fingerprint density at radius 2 is 2.00 bits per heavy atom. The first-order valence-corrected chi connectivity index (χ1v) is 6.71. The quantitative estimate of drug-likeness (QED) is 0.395.